The summed E-state index contributed by atoms with van der Waals surface area (Å²) in [6, 6.07) is 5.40. The van der Waals surface area contributed by atoms with Crippen molar-refractivity contribution in [2.75, 3.05) is 28.4 Å². The molecule has 120 valence electrons. The normalized spacial score (nSPS) is 10.6. The zero-order chi connectivity index (χ0) is 16.5. The van der Waals surface area contributed by atoms with Crippen LogP contribution in [0.15, 0.2) is 24.3 Å². The van der Waals surface area contributed by atoms with Gasteiger partial charge in [-0.25, -0.2) is 0 Å². The predicted octanol–water partition coefficient (Wildman–Crippen LogP) is 2.07. The first kappa shape index (κ1) is 17.6. The lowest BCUT2D eigenvalue weighted by molar-refractivity contribution is -0.158. The van der Waals surface area contributed by atoms with E-state index in [4.69, 9.17) is 9.47 Å². The maximum absolute atomic E-state index is 11.5. The number of allylic oxidation sites excluding steroid dienone is 1. The molecule has 0 bridgehead atoms. The minimum absolute atomic E-state index is 0.188. The number of carbonyl (C=O) groups excluding carboxylic acids is 2. The summed E-state index contributed by atoms with van der Waals surface area (Å²) in [6.45, 7) is 0. The third kappa shape index (κ3) is 4.51. The lowest BCUT2D eigenvalue weighted by Crippen LogP contribution is -2.25. The standard InChI is InChI=1S/C16H20O6/c1-19-13-9-8-11(10-14(13)20-2)6-5-7-12(15(17)21-3)16(18)22-4/h5-6,8-10,12H,7H2,1-4H3/b6-5+. The molecule has 0 saturated carbocycles. The summed E-state index contributed by atoms with van der Waals surface area (Å²) < 4.78 is 19.6. The number of rotatable bonds is 7. The van der Waals surface area contributed by atoms with Crippen LogP contribution >= 0.6 is 0 Å². The zero-order valence-electron chi connectivity index (χ0n) is 13.1. The highest BCUT2D eigenvalue weighted by Crippen LogP contribution is 2.28. The van der Waals surface area contributed by atoms with Gasteiger partial charge < -0.3 is 18.9 Å². The Hall–Kier alpha value is -2.50. The maximum Gasteiger partial charge on any atom is 0.320 e. The maximum atomic E-state index is 11.5. The quantitative estimate of drug-likeness (QED) is 0.567. The third-order valence-electron chi connectivity index (χ3n) is 3.06. The minimum atomic E-state index is -0.966. The van der Waals surface area contributed by atoms with Gasteiger partial charge in [-0.15, -0.1) is 0 Å². The molecule has 0 fully saturated rings. The van der Waals surface area contributed by atoms with Gasteiger partial charge >= 0.3 is 11.9 Å². The van der Waals surface area contributed by atoms with Gasteiger partial charge in [0.05, 0.1) is 28.4 Å². The van der Waals surface area contributed by atoms with Crippen LogP contribution in [0.25, 0.3) is 6.08 Å². The molecule has 22 heavy (non-hydrogen) atoms. The third-order valence-corrected chi connectivity index (χ3v) is 3.06. The van der Waals surface area contributed by atoms with Crippen molar-refractivity contribution in [2.45, 2.75) is 6.42 Å². The minimum Gasteiger partial charge on any atom is -0.493 e. The van der Waals surface area contributed by atoms with Crippen LogP contribution in [-0.2, 0) is 19.1 Å². The van der Waals surface area contributed by atoms with Gasteiger partial charge in [0.2, 0.25) is 0 Å². The molecule has 0 N–H and O–H groups in total. The van der Waals surface area contributed by atoms with Gasteiger partial charge in [-0.05, 0) is 24.1 Å². The van der Waals surface area contributed by atoms with Gasteiger partial charge in [0.25, 0.3) is 0 Å². The fraction of sp³-hybridized carbons (Fsp3) is 0.375. The van der Waals surface area contributed by atoms with E-state index >= 15 is 0 Å². The number of esters is 2. The number of hydrogen-bond acceptors (Lipinski definition) is 6. The Bertz CT molecular complexity index is 534. The molecule has 0 aromatic heterocycles. The van der Waals surface area contributed by atoms with Crippen LogP contribution < -0.4 is 9.47 Å². The Kier molecular flexibility index (Phi) is 6.95. The van der Waals surface area contributed by atoms with Crippen LogP contribution in [0.3, 0.4) is 0 Å². The van der Waals surface area contributed by atoms with Crippen molar-refractivity contribution in [3.8, 4) is 11.5 Å². The Labute approximate surface area is 129 Å². The van der Waals surface area contributed by atoms with E-state index < -0.39 is 17.9 Å². The van der Waals surface area contributed by atoms with E-state index in [1.807, 2.05) is 6.07 Å². The largest absolute Gasteiger partial charge is 0.493 e. The highest BCUT2D eigenvalue weighted by Gasteiger charge is 2.27. The van der Waals surface area contributed by atoms with Crippen LogP contribution in [0, 0.1) is 5.92 Å². The van der Waals surface area contributed by atoms with Gasteiger partial charge in [-0.2, -0.15) is 0 Å². The molecule has 0 heterocycles. The molecule has 0 spiro atoms. The lowest BCUT2D eigenvalue weighted by atomic mass is 10.0. The molecular weight excluding hydrogens is 288 g/mol. The smallest absolute Gasteiger partial charge is 0.320 e. The van der Waals surface area contributed by atoms with Gasteiger partial charge in [-0.1, -0.05) is 18.2 Å². The van der Waals surface area contributed by atoms with Crippen molar-refractivity contribution in [1.29, 1.82) is 0 Å². The summed E-state index contributed by atoms with van der Waals surface area (Å²) in [4.78, 5) is 23.1. The second-order valence-electron chi connectivity index (χ2n) is 4.35. The SMILES string of the molecule is COC(=O)C(C/C=C/c1ccc(OC)c(OC)c1)C(=O)OC. The van der Waals surface area contributed by atoms with Crippen LogP contribution in [-0.4, -0.2) is 40.4 Å². The molecule has 0 amide bonds. The monoisotopic (exact) mass is 308 g/mol. The van der Waals surface area contributed by atoms with Gasteiger partial charge in [0.1, 0.15) is 0 Å². The number of carbonyl (C=O) groups is 2. The van der Waals surface area contributed by atoms with E-state index in [0.717, 1.165) is 5.56 Å². The van der Waals surface area contributed by atoms with E-state index in [1.165, 1.54) is 14.2 Å². The van der Waals surface area contributed by atoms with E-state index in [0.29, 0.717) is 11.5 Å². The molecule has 0 radical (unpaired) electrons. The van der Waals surface area contributed by atoms with Crippen LogP contribution in [0.1, 0.15) is 12.0 Å². The van der Waals surface area contributed by atoms with Gasteiger partial charge in [0, 0.05) is 0 Å². The number of methoxy groups -OCH3 is 4. The fourth-order valence-corrected chi connectivity index (χ4v) is 1.87. The van der Waals surface area contributed by atoms with Crippen molar-refractivity contribution in [3.63, 3.8) is 0 Å². The highest BCUT2D eigenvalue weighted by molar-refractivity contribution is 5.95. The second-order valence-corrected chi connectivity index (χ2v) is 4.35. The van der Waals surface area contributed by atoms with E-state index in [1.54, 1.807) is 38.5 Å². The van der Waals surface area contributed by atoms with Gasteiger partial charge in [-0.3, -0.25) is 9.59 Å². The summed E-state index contributed by atoms with van der Waals surface area (Å²) in [5, 5.41) is 0. The number of hydrogen-bond donors (Lipinski definition) is 0. The molecule has 1 aromatic carbocycles. The summed E-state index contributed by atoms with van der Waals surface area (Å²) in [6.07, 6.45) is 3.67. The molecule has 0 saturated heterocycles. The molecule has 0 atom stereocenters. The predicted molar refractivity (Wildman–Crippen MR) is 80.7 cm³/mol. The topological polar surface area (TPSA) is 71.1 Å². The van der Waals surface area contributed by atoms with Crippen molar-refractivity contribution in [1.82, 2.24) is 0 Å². The van der Waals surface area contributed by atoms with E-state index in [2.05, 4.69) is 9.47 Å². The Morgan fingerprint density at radius 3 is 2.09 bits per heavy atom. The molecule has 0 aliphatic heterocycles. The molecule has 6 heteroatoms. The van der Waals surface area contributed by atoms with E-state index in [-0.39, 0.29) is 6.42 Å². The van der Waals surface area contributed by atoms with E-state index in [9.17, 15) is 9.59 Å². The van der Waals surface area contributed by atoms with Gasteiger partial charge in [0.15, 0.2) is 17.4 Å². The zero-order valence-corrected chi connectivity index (χ0v) is 13.1. The van der Waals surface area contributed by atoms with Crippen molar-refractivity contribution >= 4 is 18.0 Å². The first-order valence-electron chi connectivity index (χ1n) is 6.61. The van der Waals surface area contributed by atoms with Crippen molar-refractivity contribution in [2.24, 2.45) is 5.92 Å². The highest BCUT2D eigenvalue weighted by atomic mass is 16.5. The van der Waals surface area contributed by atoms with Crippen LogP contribution in [0.5, 0.6) is 11.5 Å². The molecular formula is C16H20O6. The Morgan fingerprint density at radius 2 is 1.59 bits per heavy atom. The summed E-state index contributed by atoms with van der Waals surface area (Å²) >= 11 is 0. The molecule has 0 unspecified atom stereocenters. The fourth-order valence-electron chi connectivity index (χ4n) is 1.87. The summed E-state index contributed by atoms with van der Waals surface area (Å²) in [7, 11) is 5.58. The number of benzene rings is 1. The van der Waals surface area contributed by atoms with Crippen molar-refractivity contribution < 1.29 is 28.5 Å². The first-order chi connectivity index (χ1) is 10.6. The Morgan fingerprint density at radius 1 is 1.00 bits per heavy atom. The van der Waals surface area contributed by atoms with Crippen LogP contribution in [0.4, 0.5) is 0 Å². The number of ether oxygens (including phenoxy) is 4. The molecule has 0 aliphatic carbocycles. The van der Waals surface area contributed by atoms with Crippen LogP contribution in [0.2, 0.25) is 0 Å². The Balaban J connectivity index is 2.82. The summed E-state index contributed by atoms with van der Waals surface area (Å²) in [5.41, 5.74) is 0.853. The lowest BCUT2D eigenvalue weighted by Gasteiger charge is -2.10. The average Bonchev–Trinajstić information content (AvgIpc) is 2.57. The molecule has 1 aromatic rings. The molecule has 6 nitrogen and oxygen atoms in total. The summed E-state index contributed by atoms with van der Waals surface area (Å²) in [5.74, 6) is -0.984. The van der Waals surface area contributed by atoms with Crippen molar-refractivity contribution in [3.05, 3.63) is 29.8 Å². The average molecular weight is 308 g/mol. The second kappa shape index (κ2) is 8.71. The molecule has 0 aliphatic rings. The first-order valence-corrected chi connectivity index (χ1v) is 6.61. The molecule has 1 rings (SSSR count).